The highest BCUT2D eigenvalue weighted by Gasteiger charge is 2.22. The lowest BCUT2D eigenvalue weighted by molar-refractivity contribution is 0.0872. The van der Waals surface area contributed by atoms with Gasteiger partial charge in [0.25, 0.3) is 0 Å². The Kier molecular flexibility index (Phi) is 3.13. The van der Waals surface area contributed by atoms with Crippen molar-refractivity contribution in [2.45, 2.75) is 19.6 Å². The van der Waals surface area contributed by atoms with E-state index in [1.54, 1.807) is 0 Å². The van der Waals surface area contributed by atoms with Crippen molar-refractivity contribution in [2.75, 3.05) is 13.2 Å². The molecule has 0 amide bonds. The molecule has 1 aromatic heterocycles. The van der Waals surface area contributed by atoms with Crippen molar-refractivity contribution in [1.82, 2.24) is 5.16 Å². The first-order chi connectivity index (χ1) is 8.81. The van der Waals surface area contributed by atoms with Gasteiger partial charge < -0.3 is 14.0 Å². The van der Waals surface area contributed by atoms with Gasteiger partial charge in [-0.2, -0.15) is 0 Å². The quantitative estimate of drug-likeness (QED) is 0.759. The Hall–Kier alpha value is -1.65. The highest BCUT2D eigenvalue weighted by Crippen LogP contribution is 2.20. The third kappa shape index (κ3) is 2.78. The van der Waals surface area contributed by atoms with Gasteiger partial charge in [-0.05, 0) is 6.92 Å². The van der Waals surface area contributed by atoms with E-state index < -0.39 is 0 Å². The van der Waals surface area contributed by atoms with Crippen LogP contribution in [0.15, 0.2) is 34.9 Å². The van der Waals surface area contributed by atoms with E-state index >= 15 is 0 Å². The van der Waals surface area contributed by atoms with E-state index in [1.165, 1.54) is 5.56 Å². The maximum Gasteiger partial charge on any atom is 0.163 e. The number of hydrogen-bond donors (Lipinski definition) is 0. The third-order valence-corrected chi connectivity index (χ3v) is 2.86. The Morgan fingerprint density at radius 2 is 2.11 bits per heavy atom. The summed E-state index contributed by atoms with van der Waals surface area (Å²) < 4.78 is 15.7. The van der Waals surface area contributed by atoms with Gasteiger partial charge in [0.05, 0.1) is 13.2 Å². The predicted octanol–water partition coefficient (Wildman–Crippen LogP) is 2.57. The summed E-state index contributed by atoms with van der Waals surface area (Å²) in [6, 6.07) is 10.1. The normalized spacial score (nSPS) is 17.9. The van der Waals surface area contributed by atoms with Crippen LogP contribution in [0.3, 0.4) is 0 Å². The highest BCUT2D eigenvalue weighted by molar-refractivity contribution is 5.59. The summed E-state index contributed by atoms with van der Waals surface area (Å²) in [6.07, 6.45) is 0.282. The zero-order valence-electron chi connectivity index (χ0n) is 10.3. The number of rotatable bonds is 5. The molecule has 0 radical (unpaired) electrons. The van der Waals surface area contributed by atoms with Crippen LogP contribution in [-0.4, -0.2) is 24.5 Å². The minimum absolute atomic E-state index is 0.282. The molecule has 1 aliphatic heterocycles. The number of nitrogens with zero attached hydrogens (tertiary/aromatic N) is 1. The Bertz CT molecular complexity index is 514. The van der Waals surface area contributed by atoms with E-state index in [-0.39, 0.29) is 6.10 Å². The van der Waals surface area contributed by atoms with Crippen LogP contribution in [0.1, 0.15) is 11.3 Å². The molecule has 0 bridgehead atoms. The Morgan fingerprint density at radius 1 is 1.33 bits per heavy atom. The van der Waals surface area contributed by atoms with Crippen molar-refractivity contribution in [2.24, 2.45) is 0 Å². The SMILES string of the molecule is Cc1ccc(-c2cc(COCC3CO3)on2)cc1. The zero-order valence-corrected chi connectivity index (χ0v) is 10.3. The molecule has 1 unspecified atom stereocenters. The summed E-state index contributed by atoms with van der Waals surface area (Å²) in [5, 5.41) is 4.04. The topological polar surface area (TPSA) is 47.8 Å². The molecule has 0 aliphatic carbocycles. The van der Waals surface area contributed by atoms with Gasteiger partial charge in [-0.15, -0.1) is 0 Å². The van der Waals surface area contributed by atoms with Gasteiger partial charge in [0.2, 0.25) is 0 Å². The van der Waals surface area contributed by atoms with Crippen LogP contribution in [0.25, 0.3) is 11.3 Å². The van der Waals surface area contributed by atoms with Crippen LogP contribution >= 0.6 is 0 Å². The second kappa shape index (κ2) is 4.92. The number of ether oxygens (including phenoxy) is 2. The molecular weight excluding hydrogens is 230 g/mol. The summed E-state index contributed by atoms with van der Waals surface area (Å²) in [5.41, 5.74) is 3.13. The summed E-state index contributed by atoms with van der Waals surface area (Å²) >= 11 is 0. The predicted molar refractivity (Wildman–Crippen MR) is 66.1 cm³/mol. The fourth-order valence-electron chi connectivity index (χ4n) is 1.70. The average Bonchev–Trinajstić information content (AvgIpc) is 3.08. The van der Waals surface area contributed by atoms with Crippen molar-refractivity contribution in [1.29, 1.82) is 0 Å². The lowest BCUT2D eigenvalue weighted by atomic mass is 10.1. The second-order valence-electron chi connectivity index (χ2n) is 4.51. The van der Waals surface area contributed by atoms with Crippen LogP contribution < -0.4 is 0 Å². The standard InChI is InChI=1S/C14H15NO3/c1-10-2-4-11(5-3-10)14-6-12(18-15-14)7-16-8-13-9-17-13/h2-6,13H,7-9H2,1H3. The first kappa shape index (κ1) is 11.4. The first-order valence-electron chi connectivity index (χ1n) is 6.03. The van der Waals surface area contributed by atoms with Gasteiger partial charge in [0.1, 0.15) is 18.4 Å². The number of benzene rings is 1. The van der Waals surface area contributed by atoms with Gasteiger partial charge >= 0.3 is 0 Å². The van der Waals surface area contributed by atoms with Crippen molar-refractivity contribution >= 4 is 0 Å². The lowest BCUT2D eigenvalue weighted by Crippen LogP contribution is -2.00. The molecule has 0 spiro atoms. The summed E-state index contributed by atoms with van der Waals surface area (Å²) in [4.78, 5) is 0. The van der Waals surface area contributed by atoms with E-state index in [0.29, 0.717) is 13.2 Å². The molecule has 1 aliphatic rings. The lowest BCUT2D eigenvalue weighted by Gasteiger charge is -1.96. The van der Waals surface area contributed by atoms with Crippen LogP contribution in [0.4, 0.5) is 0 Å². The Labute approximate surface area is 105 Å². The molecule has 4 heteroatoms. The van der Waals surface area contributed by atoms with Crippen LogP contribution in [0.5, 0.6) is 0 Å². The molecule has 3 rings (SSSR count). The molecule has 94 valence electrons. The summed E-state index contributed by atoms with van der Waals surface area (Å²) in [5.74, 6) is 0.742. The second-order valence-corrected chi connectivity index (χ2v) is 4.51. The Balaban J connectivity index is 1.62. The molecular formula is C14H15NO3. The molecule has 0 N–H and O–H groups in total. The first-order valence-corrected chi connectivity index (χ1v) is 6.03. The zero-order chi connectivity index (χ0) is 12.4. The van der Waals surface area contributed by atoms with Crippen LogP contribution in [0.2, 0.25) is 0 Å². The number of hydrogen-bond acceptors (Lipinski definition) is 4. The number of aromatic nitrogens is 1. The maximum absolute atomic E-state index is 5.45. The maximum atomic E-state index is 5.45. The van der Waals surface area contributed by atoms with Gasteiger partial charge in [-0.25, -0.2) is 0 Å². The molecule has 1 saturated heterocycles. The Morgan fingerprint density at radius 3 is 2.83 bits per heavy atom. The van der Waals surface area contributed by atoms with Gasteiger partial charge in [0.15, 0.2) is 5.76 Å². The molecule has 1 fully saturated rings. The van der Waals surface area contributed by atoms with Gasteiger partial charge in [-0.1, -0.05) is 35.0 Å². The average molecular weight is 245 g/mol. The van der Waals surface area contributed by atoms with E-state index in [1.807, 2.05) is 18.2 Å². The largest absolute Gasteiger partial charge is 0.371 e. The molecule has 18 heavy (non-hydrogen) atoms. The molecule has 1 aromatic carbocycles. The molecule has 0 saturated carbocycles. The van der Waals surface area contributed by atoms with Crippen molar-refractivity contribution in [3.05, 3.63) is 41.7 Å². The van der Waals surface area contributed by atoms with Gasteiger partial charge in [0, 0.05) is 11.6 Å². The highest BCUT2D eigenvalue weighted by atomic mass is 16.6. The van der Waals surface area contributed by atoms with Crippen LogP contribution in [0, 0.1) is 6.92 Å². The minimum atomic E-state index is 0.282. The van der Waals surface area contributed by atoms with Gasteiger partial charge in [-0.3, -0.25) is 0 Å². The van der Waals surface area contributed by atoms with E-state index in [4.69, 9.17) is 14.0 Å². The van der Waals surface area contributed by atoms with Crippen molar-refractivity contribution in [3.8, 4) is 11.3 Å². The smallest absolute Gasteiger partial charge is 0.163 e. The van der Waals surface area contributed by atoms with E-state index in [9.17, 15) is 0 Å². The summed E-state index contributed by atoms with van der Waals surface area (Å²) in [6.45, 7) is 3.94. The third-order valence-electron chi connectivity index (χ3n) is 2.86. The monoisotopic (exact) mass is 245 g/mol. The van der Waals surface area contributed by atoms with Crippen molar-refractivity contribution in [3.63, 3.8) is 0 Å². The van der Waals surface area contributed by atoms with Crippen molar-refractivity contribution < 1.29 is 14.0 Å². The van der Waals surface area contributed by atoms with E-state index in [2.05, 4.69) is 24.2 Å². The van der Waals surface area contributed by atoms with Crippen LogP contribution in [-0.2, 0) is 16.1 Å². The summed E-state index contributed by atoms with van der Waals surface area (Å²) in [7, 11) is 0. The number of epoxide rings is 1. The molecule has 2 heterocycles. The minimum Gasteiger partial charge on any atom is -0.371 e. The molecule has 1 atom stereocenters. The fourth-order valence-corrected chi connectivity index (χ4v) is 1.70. The molecule has 2 aromatic rings. The number of aryl methyl sites for hydroxylation is 1. The molecule has 4 nitrogen and oxygen atoms in total. The van der Waals surface area contributed by atoms with E-state index in [0.717, 1.165) is 23.6 Å². The fraction of sp³-hybridized carbons (Fsp3) is 0.357.